The van der Waals surface area contributed by atoms with Crippen molar-refractivity contribution in [1.29, 1.82) is 0 Å². The number of fused-ring (bicyclic) bond motifs is 1. The van der Waals surface area contributed by atoms with E-state index in [0.29, 0.717) is 12.1 Å². The van der Waals surface area contributed by atoms with Gasteiger partial charge in [-0.2, -0.15) is 4.57 Å². The summed E-state index contributed by atoms with van der Waals surface area (Å²) in [5, 5.41) is 1.01. The number of hydrogen-bond acceptors (Lipinski definition) is 2. The first kappa shape index (κ1) is 14.5. The topological polar surface area (TPSA) is 34.1 Å². The zero-order valence-electron chi connectivity index (χ0n) is 13.4. The highest BCUT2D eigenvalue weighted by Crippen LogP contribution is 2.23. The Balaban J connectivity index is 2.21. The van der Waals surface area contributed by atoms with E-state index in [0.717, 1.165) is 22.1 Å². The van der Waals surface area contributed by atoms with Gasteiger partial charge in [-0.3, -0.25) is 0 Å². The van der Waals surface area contributed by atoms with Crippen LogP contribution >= 0.6 is 0 Å². The predicted octanol–water partition coefficient (Wildman–Crippen LogP) is 3.36. The molecule has 0 aliphatic heterocycles. The molecule has 0 spiro atoms. The minimum absolute atomic E-state index is 0.290. The monoisotopic (exact) mass is 294 g/mol. The van der Waals surface area contributed by atoms with Crippen LogP contribution in [0.25, 0.3) is 11.0 Å². The number of hydrogen-bond donors (Lipinski definition) is 0. The highest BCUT2D eigenvalue weighted by Gasteiger charge is 2.15. The fraction of sp³-hybridized carbons (Fsp3) is 0.263. The molecule has 0 radical (unpaired) electrons. The average molecular weight is 294 g/mol. The standard InChI is InChI=1S/C19H20NO2/c1-12-7-8-17-16(10-18(21)22-19(17)14(12)3)11-20-9-5-6-13(2)15(20)4/h5-10H,11H2,1-4H3/q+1. The van der Waals surface area contributed by atoms with Crippen molar-refractivity contribution >= 4 is 11.0 Å². The largest absolute Gasteiger partial charge is 0.422 e. The maximum atomic E-state index is 11.9. The predicted molar refractivity (Wildman–Crippen MR) is 87.2 cm³/mol. The quantitative estimate of drug-likeness (QED) is 0.536. The maximum Gasteiger partial charge on any atom is 0.336 e. The molecule has 2 heterocycles. The van der Waals surface area contributed by atoms with Crippen molar-refractivity contribution in [3.8, 4) is 0 Å². The first-order valence-corrected chi connectivity index (χ1v) is 7.46. The van der Waals surface area contributed by atoms with Crippen molar-refractivity contribution in [1.82, 2.24) is 0 Å². The summed E-state index contributed by atoms with van der Waals surface area (Å²) in [5.74, 6) is 0. The van der Waals surface area contributed by atoms with Gasteiger partial charge in [0.25, 0.3) is 0 Å². The lowest BCUT2D eigenvalue weighted by atomic mass is 10.0. The van der Waals surface area contributed by atoms with Crippen molar-refractivity contribution in [3.05, 3.63) is 74.9 Å². The molecule has 2 aromatic heterocycles. The van der Waals surface area contributed by atoms with E-state index in [2.05, 4.69) is 30.5 Å². The third kappa shape index (κ3) is 2.43. The second kappa shape index (κ2) is 5.41. The second-order valence-corrected chi connectivity index (χ2v) is 5.88. The molecule has 0 unspecified atom stereocenters. The SMILES string of the molecule is Cc1ccc2c(C[n+]3cccc(C)c3C)cc(=O)oc2c1C. The molecule has 0 amide bonds. The van der Waals surface area contributed by atoms with Crippen LogP contribution in [-0.4, -0.2) is 0 Å². The highest BCUT2D eigenvalue weighted by molar-refractivity contribution is 5.83. The summed E-state index contributed by atoms with van der Waals surface area (Å²) in [5.41, 5.74) is 6.01. The molecule has 1 aromatic carbocycles. The van der Waals surface area contributed by atoms with Gasteiger partial charge in [-0.25, -0.2) is 4.79 Å². The van der Waals surface area contributed by atoms with Crippen LogP contribution in [0.15, 0.2) is 45.7 Å². The van der Waals surface area contributed by atoms with E-state index in [1.807, 2.05) is 32.2 Å². The lowest BCUT2D eigenvalue weighted by Gasteiger charge is -2.08. The molecule has 3 aromatic rings. The smallest absolute Gasteiger partial charge is 0.336 e. The summed E-state index contributed by atoms with van der Waals surface area (Å²) < 4.78 is 7.61. The Morgan fingerprint density at radius 2 is 1.82 bits per heavy atom. The molecule has 0 N–H and O–H groups in total. The number of benzene rings is 1. The van der Waals surface area contributed by atoms with Gasteiger partial charge in [0.1, 0.15) is 5.58 Å². The first-order valence-electron chi connectivity index (χ1n) is 7.46. The van der Waals surface area contributed by atoms with E-state index in [-0.39, 0.29) is 5.63 Å². The average Bonchev–Trinajstić information content (AvgIpc) is 2.48. The van der Waals surface area contributed by atoms with E-state index in [1.165, 1.54) is 11.3 Å². The number of rotatable bonds is 2. The summed E-state index contributed by atoms with van der Waals surface area (Å²) in [6.07, 6.45) is 2.05. The van der Waals surface area contributed by atoms with Gasteiger partial charge in [0.15, 0.2) is 18.4 Å². The zero-order valence-corrected chi connectivity index (χ0v) is 13.4. The molecule has 0 aliphatic carbocycles. The van der Waals surface area contributed by atoms with Gasteiger partial charge in [0.05, 0.1) is 0 Å². The van der Waals surface area contributed by atoms with Crippen LogP contribution < -0.4 is 10.2 Å². The Labute approximate surface area is 129 Å². The van der Waals surface area contributed by atoms with Crippen molar-refractivity contribution < 1.29 is 8.98 Å². The number of pyridine rings is 1. The molecule has 0 bridgehead atoms. The third-order valence-electron chi connectivity index (χ3n) is 4.47. The summed E-state index contributed by atoms with van der Waals surface area (Å²) >= 11 is 0. The second-order valence-electron chi connectivity index (χ2n) is 5.88. The summed E-state index contributed by atoms with van der Waals surface area (Å²) in [7, 11) is 0. The molecule has 0 atom stereocenters. The van der Waals surface area contributed by atoms with Crippen LogP contribution in [0.4, 0.5) is 0 Å². The minimum Gasteiger partial charge on any atom is -0.422 e. The van der Waals surface area contributed by atoms with Crippen LogP contribution in [0, 0.1) is 27.7 Å². The Morgan fingerprint density at radius 3 is 2.59 bits per heavy atom. The van der Waals surface area contributed by atoms with Gasteiger partial charge in [-0.05, 0) is 38.0 Å². The Morgan fingerprint density at radius 1 is 1.05 bits per heavy atom. The molecular weight excluding hydrogens is 274 g/mol. The zero-order chi connectivity index (χ0) is 15.9. The van der Waals surface area contributed by atoms with Crippen LogP contribution in [-0.2, 0) is 6.54 Å². The van der Waals surface area contributed by atoms with Crippen LogP contribution in [0.5, 0.6) is 0 Å². The summed E-state index contributed by atoms with van der Waals surface area (Å²) in [6.45, 7) is 8.88. The Bertz CT molecular complexity index is 923. The fourth-order valence-corrected chi connectivity index (χ4v) is 2.76. The van der Waals surface area contributed by atoms with Gasteiger partial charge in [-0.1, -0.05) is 12.1 Å². The van der Waals surface area contributed by atoms with Gasteiger partial charge in [-0.15, -0.1) is 0 Å². The van der Waals surface area contributed by atoms with Crippen molar-refractivity contribution in [2.75, 3.05) is 0 Å². The molecule has 112 valence electrons. The lowest BCUT2D eigenvalue weighted by Crippen LogP contribution is -2.38. The van der Waals surface area contributed by atoms with Crippen LogP contribution in [0.3, 0.4) is 0 Å². The van der Waals surface area contributed by atoms with Gasteiger partial charge >= 0.3 is 5.63 Å². The van der Waals surface area contributed by atoms with E-state index in [1.54, 1.807) is 6.07 Å². The van der Waals surface area contributed by atoms with Crippen LogP contribution in [0.1, 0.15) is 27.9 Å². The molecule has 3 rings (SSSR count). The third-order valence-corrected chi connectivity index (χ3v) is 4.47. The summed E-state index contributed by atoms with van der Waals surface area (Å²) in [4.78, 5) is 11.9. The molecule has 0 saturated heterocycles. The van der Waals surface area contributed by atoms with Crippen molar-refractivity contribution in [2.45, 2.75) is 34.2 Å². The molecular formula is C19H20NO2+. The van der Waals surface area contributed by atoms with E-state index in [9.17, 15) is 4.79 Å². The van der Waals surface area contributed by atoms with Crippen molar-refractivity contribution in [3.63, 3.8) is 0 Å². The fourth-order valence-electron chi connectivity index (χ4n) is 2.76. The molecule has 0 aliphatic rings. The molecule has 3 heteroatoms. The number of aromatic nitrogens is 1. The molecule has 3 nitrogen and oxygen atoms in total. The number of aryl methyl sites for hydroxylation is 3. The lowest BCUT2D eigenvalue weighted by molar-refractivity contribution is -0.694. The highest BCUT2D eigenvalue weighted by atomic mass is 16.4. The van der Waals surface area contributed by atoms with E-state index < -0.39 is 0 Å². The molecule has 0 fully saturated rings. The maximum absolute atomic E-state index is 11.9. The van der Waals surface area contributed by atoms with Crippen LogP contribution in [0.2, 0.25) is 0 Å². The van der Waals surface area contributed by atoms with Crippen molar-refractivity contribution in [2.24, 2.45) is 0 Å². The van der Waals surface area contributed by atoms with E-state index >= 15 is 0 Å². The van der Waals surface area contributed by atoms with Gasteiger partial charge in [0, 0.05) is 35.6 Å². The molecule has 0 saturated carbocycles. The summed E-state index contributed by atoms with van der Waals surface area (Å²) in [6, 6.07) is 9.85. The first-order chi connectivity index (χ1) is 10.5. The normalized spacial score (nSPS) is 11.1. The Kier molecular flexibility index (Phi) is 3.57. The minimum atomic E-state index is -0.290. The van der Waals surface area contributed by atoms with Gasteiger partial charge < -0.3 is 4.42 Å². The van der Waals surface area contributed by atoms with Gasteiger partial charge in [0.2, 0.25) is 0 Å². The van der Waals surface area contributed by atoms with E-state index in [4.69, 9.17) is 4.42 Å². The molecule has 22 heavy (non-hydrogen) atoms. The Hall–Kier alpha value is -2.42. The number of nitrogens with zero attached hydrogens (tertiary/aromatic N) is 1.